The van der Waals surface area contributed by atoms with E-state index < -0.39 is 0 Å². The highest BCUT2D eigenvalue weighted by atomic mass is 35.5. The molecule has 1 heterocycles. The van der Waals surface area contributed by atoms with Crippen molar-refractivity contribution in [2.45, 2.75) is 58.0 Å². The Bertz CT molecular complexity index is 476. The average molecular weight is 341 g/mol. The molecule has 1 aromatic rings. The predicted octanol–water partition coefficient (Wildman–Crippen LogP) is 3.26. The van der Waals surface area contributed by atoms with Gasteiger partial charge in [-0.05, 0) is 49.9 Å². The van der Waals surface area contributed by atoms with Crippen molar-refractivity contribution in [2.24, 2.45) is 0 Å². The number of halogens is 1. The number of carbonyl (C=O) groups excluding carboxylic acids is 1. The first-order chi connectivity index (χ1) is 10.5. The van der Waals surface area contributed by atoms with E-state index in [1.165, 1.54) is 5.56 Å². The molecule has 0 bridgehead atoms. The number of ether oxygens (including phenoxy) is 1. The predicted molar refractivity (Wildman–Crippen MR) is 96.5 cm³/mol. The fraction of sp³-hybridized carbons (Fsp3) is 0.611. The van der Waals surface area contributed by atoms with Gasteiger partial charge in [0.15, 0.2) is 0 Å². The van der Waals surface area contributed by atoms with E-state index in [-0.39, 0.29) is 18.3 Å². The average Bonchev–Trinajstić information content (AvgIpc) is 2.47. The van der Waals surface area contributed by atoms with E-state index in [1.54, 1.807) is 0 Å². The van der Waals surface area contributed by atoms with Crippen molar-refractivity contribution in [2.75, 3.05) is 13.2 Å². The highest BCUT2D eigenvalue weighted by Gasteiger charge is 2.19. The summed E-state index contributed by atoms with van der Waals surface area (Å²) in [6.07, 6.45) is 2.42. The van der Waals surface area contributed by atoms with Crippen molar-refractivity contribution in [1.82, 2.24) is 10.6 Å². The van der Waals surface area contributed by atoms with Crippen LogP contribution in [-0.4, -0.2) is 31.1 Å². The molecule has 2 unspecified atom stereocenters. The zero-order chi connectivity index (χ0) is 15.9. The van der Waals surface area contributed by atoms with Gasteiger partial charge in [0.25, 0.3) is 0 Å². The summed E-state index contributed by atoms with van der Waals surface area (Å²) in [5, 5.41) is 6.49. The minimum absolute atomic E-state index is 0. The summed E-state index contributed by atoms with van der Waals surface area (Å²) < 4.78 is 5.65. The molecule has 2 N–H and O–H groups in total. The molecule has 1 saturated heterocycles. The molecular formula is C18H29ClN2O2. The minimum Gasteiger partial charge on any atom is -0.493 e. The number of hydrogen-bond donors (Lipinski definition) is 2. The third-order valence-corrected chi connectivity index (χ3v) is 4.13. The van der Waals surface area contributed by atoms with Gasteiger partial charge in [-0.25, -0.2) is 0 Å². The molecule has 1 aliphatic rings. The van der Waals surface area contributed by atoms with E-state index in [4.69, 9.17) is 4.74 Å². The first kappa shape index (κ1) is 19.8. The molecule has 2 rings (SSSR count). The van der Waals surface area contributed by atoms with E-state index in [0.717, 1.165) is 25.1 Å². The Hall–Kier alpha value is -1.26. The summed E-state index contributed by atoms with van der Waals surface area (Å²) in [5.41, 5.74) is 1.30. The Morgan fingerprint density at radius 3 is 2.65 bits per heavy atom. The summed E-state index contributed by atoms with van der Waals surface area (Å²) in [7, 11) is 0. The van der Waals surface area contributed by atoms with Crippen LogP contribution in [0.1, 0.15) is 51.5 Å². The van der Waals surface area contributed by atoms with E-state index in [1.807, 2.05) is 12.1 Å². The number of hydrogen-bond acceptors (Lipinski definition) is 3. The van der Waals surface area contributed by atoms with Gasteiger partial charge in [-0.2, -0.15) is 0 Å². The number of benzene rings is 1. The third kappa shape index (κ3) is 6.80. The van der Waals surface area contributed by atoms with E-state index in [2.05, 4.69) is 43.5 Å². The fourth-order valence-electron chi connectivity index (χ4n) is 2.77. The second-order valence-corrected chi connectivity index (χ2v) is 6.47. The summed E-state index contributed by atoms with van der Waals surface area (Å²) in [6.45, 7) is 7.89. The van der Waals surface area contributed by atoms with Gasteiger partial charge in [0, 0.05) is 12.1 Å². The standard InChI is InChI=1S/C18H28N2O2.ClH/c1-13(2)15-4-6-17(7-5-15)22-11-9-18(21)20-16-8-10-19-14(3)12-16;/h4-7,13-14,16,19H,8-12H2,1-3H3,(H,20,21);1H. The Labute approximate surface area is 145 Å². The highest BCUT2D eigenvalue weighted by Crippen LogP contribution is 2.18. The van der Waals surface area contributed by atoms with Gasteiger partial charge in [-0.1, -0.05) is 26.0 Å². The lowest BCUT2D eigenvalue weighted by atomic mass is 10.0. The Balaban J connectivity index is 0.00000264. The second kappa shape index (κ2) is 9.78. The van der Waals surface area contributed by atoms with Gasteiger partial charge in [0.2, 0.25) is 5.91 Å². The number of rotatable bonds is 6. The van der Waals surface area contributed by atoms with Crippen molar-refractivity contribution >= 4 is 18.3 Å². The second-order valence-electron chi connectivity index (χ2n) is 6.47. The van der Waals surface area contributed by atoms with Gasteiger partial charge < -0.3 is 15.4 Å². The summed E-state index contributed by atoms with van der Waals surface area (Å²) >= 11 is 0. The Kier molecular flexibility index (Phi) is 8.42. The van der Waals surface area contributed by atoms with Gasteiger partial charge in [0.1, 0.15) is 5.75 Å². The molecule has 23 heavy (non-hydrogen) atoms. The number of piperidine rings is 1. The molecular weight excluding hydrogens is 312 g/mol. The number of carbonyl (C=O) groups is 1. The molecule has 0 saturated carbocycles. The maximum Gasteiger partial charge on any atom is 0.223 e. The number of amides is 1. The van der Waals surface area contributed by atoms with Crippen molar-refractivity contribution in [1.29, 1.82) is 0 Å². The van der Waals surface area contributed by atoms with Gasteiger partial charge in [-0.3, -0.25) is 4.79 Å². The van der Waals surface area contributed by atoms with Crippen LogP contribution in [0.5, 0.6) is 5.75 Å². The fourth-order valence-corrected chi connectivity index (χ4v) is 2.77. The SMILES string of the molecule is CC1CC(NC(=O)CCOc2ccc(C(C)C)cc2)CCN1.Cl. The zero-order valence-electron chi connectivity index (χ0n) is 14.3. The molecule has 0 spiro atoms. The van der Waals surface area contributed by atoms with E-state index in [0.29, 0.717) is 31.0 Å². The molecule has 1 aliphatic heterocycles. The maximum absolute atomic E-state index is 11.9. The molecule has 5 heteroatoms. The van der Waals surface area contributed by atoms with Crippen LogP contribution >= 0.6 is 12.4 Å². The van der Waals surface area contributed by atoms with Crippen LogP contribution in [-0.2, 0) is 4.79 Å². The third-order valence-electron chi connectivity index (χ3n) is 4.13. The zero-order valence-corrected chi connectivity index (χ0v) is 15.1. The van der Waals surface area contributed by atoms with Crippen LogP contribution in [0.2, 0.25) is 0 Å². The molecule has 2 atom stereocenters. The van der Waals surface area contributed by atoms with E-state index >= 15 is 0 Å². The van der Waals surface area contributed by atoms with Crippen LogP contribution in [0.15, 0.2) is 24.3 Å². The minimum atomic E-state index is 0. The first-order valence-corrected chi connectivity index (χ1v) is 8.30. The highest BCUT2D eigenvalue weighted by molar-refractivity contribution is 5.85. The van der Waals surface area contributed by atoms with Gasteiger partial charge in [-0.15, -0.1) is 12.4 Å². The van der Waals surface area contributed by atoms with Crippen molar-refractivity contribution in [3.8, 4) is 5.75 Å². The molecule has 0 aromatic heterocycles. The molecule has 0 radical (unpaired) electrons. The molecule has 1 fully saturated rings. The topological polar surface area (TPSA) is 50.4 Å². The van der Waals surface area contributed by atoms with Gasteiger partial charge in [0.05, 0.1) is 13.0 Å². The van der Waals surface area contributed by atoms with Crippen LogP contribution in [0, 0.1) is 0 Å². The molecule has 1 aromatic carbocycles. The number of nitrogens with one attached hydrogen (secondary N) is 2. The summed E-state index contributed by atoms with van der Waals surface area (Å²) in [5.74, 6) is 1.43. The quantitative estimate of drug-likeness (QED) is 0.835. The van der Waals surface area contributed by atoms with Crippen molar-refractivity contribution < 1.29 is 9.53 Å². The van der Waals surface area contributed by atoms with Crippen molar-refractivity contribution in [3.05, 3.63) is 29.8 Å². The van der Waals surface area contributed by atoms with Gasteiger partial charge >= 0.3 is 0 Å². The summed E-state index contributed by atoms with van der Waals surface area (Å²) in [6, 6.07) is 8.89. The smallest absolute Gasteiger partial charge is 0.223 e. The molecule has 4 nitrogen and oxygen atoms in total. The largest absolute Gasteiger partial charge is 0.493 e. The van der Waals surface area contributed by atoms with E-state index in [9.17, 15) is 4.79 Å². The van der Waals surface area contributed by atoms with Crippen molar-refractivity contribution in [3.63, 3.8) is 0 Å². The van der Waals surface area contributed by atoms with Crippen LogP contribution in [0.25, 0.3) is 0 Å². The first-order valence-electron chi connectivity index (χ1n) is 8.30. The maximum atomic E-state index is 11.9. The molecule has 130 valence electrons. The Morgan fingerprint density at radius 1 is 1.35 bits per heavy atom. The Morgan fingerprint density at radius 2 is 2.04 bits per heavy atom. The normalized spacial score (nSPS) is 20.7. The lowest BCUT2D eigenvalue weighted by molar-refractivity contribution is -0.122. The van der Waals surface area contributed by atoms with Crippen LogP contribution < -0.4 is 15.4 Å². The van der Waals surface area contributed by atoms with Crippen LogP contribution in [0.4, 0.5) is 0 Å². The monoisotopic (exact) mass is 340 g/mol. The lowest BCUT2D eigenvalue weighted by Crippen LogP contribution is -2.46. The molecule has 0 aliphatic carbocycles. The van der Waals surface area contributed by atoms with Crippen LogP contribution in [0.3, 0.4) is 0 Å². The lowest BCUT2D eigenvalue weighted by Gasteiger charge is -2.28. The molecule has 1 amide bonds. The summed E-state index contributed by atoms with van der Waals surface area (Å²) in [4.78, 5) is 11.9.